The van der Waals surface area contributed by atoms with E-state index in [2.05, 4.69) is 39.4 Å². The van der Waals surface area contributed by atoms with E-state index in [9.17, 15) is 14.4 Å². The van der Waals surface area contributed by atoms with Crippen LogP contribution in [0.5, 0.6) is 0 Å². The third kappa shape index (κ3) is 5.70. The average Bonchev–Trinajstić information content (AvgIpc) is 2.67. The number of hydrogen-bond acceptors (Lipinski definition) is 5. The second-order valence-electron chi connectivity index (χ2n) is 15.4. The number of urea groups is 1. The number of amides is 4. The van der Waals surface area contributed by atoms with Crippen LogP contribution in [0.4, 0.5) is 4.79 Å². The van der Waals surface area contributed by atoms with E-state index in [0.717, 1.165) is 41.9 Å². The summed E-state index contributed by atoms with van der Waals surface area (Å²) in [5.74, 6) is 11.9. The monoisotopic (exact) mass is 517 g/mol. The van der Waals surface area contributed by atoms with Crippen molar-refractivity contribution >= 4 is 17.8 Å². The molecule has 0 saturated heterocycles. The van der Waals surface area contributed by atoms with Gasteiger partial charge < -0.3 is 0 Å². The number of nitrogens with two attached hydrogens (primary N) is 2. The fourth-order valence-corrected chi connectivity index (χ4v) is 11.8. The van der Waals surface area contributed by atoms with E-state index in [4.69, 9.17) is 0 Å². The van der Waals surface area contributed by atoms with Crippen molar-refractivity contribution < 1.29 is 14.4 Å². The van der Waals surface area contributed by atoms with Crippen LogP contribution in [0.15, 0.2) is 0 Å². The molecule has 0 aromatic rings. The first kappa shape index (κ1) is 28.3. The van der Waals surface area contributed by atoms with E-state index >= 15 is 0 Å². The lowest BCUT2D eigenvalue weighted by Gasteiger charge is -2.67. The van der Waals surface area contributed by atoms with Crippen molar-refractivity contribution in [1.82, 2.24) is 15.8 Å². The number of hydrazine groups is 2. The smallest absolute Gasteiger partial charge is 0.277 e. The average molecular weight is 518 g/mol. The van der Waals surface area contributed by atoms with Crippen LogP contribution < -0.4 is 22.5 Å². The van der Waals surface area contributed by atoms with Gasteiger partial charge in [0.15, 0.2) is 0 Å². The zero-order valence-electron chi connectivity index (χ0n) is 24.0. The first-order valence-electron chi connectivity index (χ1n) is 14.3. The second kappa shape index (κ2) is 9.51. The molecule has 8 aliphatic carbocycles. The molecule has 8 bridgehead atoms. The van der Waals surface area contributed by atoms with Gasteiger partial charge in [-0.25, -0.2) is 16.5 Å². The molecule has 0 aliphatic heterocycles. The molecule has 8 heteroatoms. The lowest BCUT2D eigenvalue weighted by atomic mass is 9.42. The number of carbonyl (C=O) groups excluding carboxylic acids is 3. The molecule has 8 rings (SSSR count). The quantitative estimate of drug-likeness (QED) is 0.226. The predicted octanol–water partition coefficient (Wildman–Crippen LogP) is 4.78. The van der Waals surface area contributed by atoms with Gasteiger partial charge in [-0.1, -0.05) is 27.7 Å². The Morgan fingerprint density at radius 2 is 1.00 bits per heavy atom. The molecule has 8 fully saturated rings. The minimum Gasteiger partial charge on any atom is -0.277 e. The molecule has 37 heavy (non-hydrogen) atoms. The molecular weight excluding hydrogens is 466 g/mol. The van der Waals surface area contributed by atoms with Crippen LogP contribution in [0, 0.1) is 39.4 Å². The number of rotatable bonds is 1. The van der Waals surface area contributed by atoms with E-state index in [0.29, 0.717) is 16.7 Å². The van der Waals surface area contributed by atoms with Crippen LogP contribution in [0.1, 0.15) is 119 Å². The van der Waals surface area contributed by atoms with Gasteiger partial charge in [-0.2, -0.15) is 0 Å². The van der Waals surface area contributed by atoms with Gasteiger partial charge in [-0.05, 0) is 116 Å². The summed E-state index contributed by atoms with van der Waals surface area (Å²) >= 11 is 0. The SMILES string of the molecule is CC(=O)N(C(C)=O)C12CC3CC(C)(CC(C)(C3)C1)C2.CC12CC3CC(C1)CC(C)(C3)C2.NNC(=O)NN. The molecule has 0 radical (unpaired) electrons. The van der Waals surface area contributed by atoms with Crippen LogP contribution in [-0.2, 0) is 9.59 Å². The van der Waals surface area contributed by atoms with Gasteiger partial charge in [0.1, 0.15) is 0 Å². The van der Waals surface area contributed by atoms with Crippen molar-refractivity contribution in [3.05, 3.63) is 0 Å². The Labute approximate surface area is 223 Å². The summed E-state index contributed by atoms with van der Waals surface area (Å²) in [6.07, 6.45) is 16.2. The Kier molecular flexibility index (Phi) is 7.28. The summed E-state index contributed by atoms with van der Waals surface area (Å²) in [5.41, 5.74) is 5.49. The topological polar surface area (TPSA) is 131 Å². The number of nitrogens with one attached hydrogen (secondary N) is 2. The van der Waals surface area contributed by atoms with Gasteiger partial charge in [0.25, 0.3) is 0 Å². The van der Waals surface area contributed by atoms with E-state index in [-0.39, 0.29) is 17.4 Å². The fraction of sp³-hybridized carbons (Fsp3) is 0.897. The van der Waals surface area contributed by atoms with Gasteiger partial charge in [-0.15, -0.1) is 0 Å². The molecule has 210 valence electrons. The van der Waals surface area contributed by atoms with Gasteiger partial charge >= 0.3 is 6.03 Å². The highest BCUT2D eigenvalue weighted by Crippen LogP contribution is 2.68. The largest absolute Gasteiger partial charge is 0.343 e. The predicted molar refractivity (Wildman–Crippen MR) is 144 cm³/mol. The minimum absolute atomic E-state index is 0.0679. The standard InChI is InChI=1S/C16H25NO2.C12H20.CH6N4O/c1-11(18)17(12(2)19)16-7-13-5-14(3,9-16)8-15(4,6-13)10-16;1-11-4-9-3-10(5-11)7-12(2,6-9)8-11;2-4-1(6)5-3/h13H,5-10H2,1-4H3;9-10H,3-8H2,1-2H3;2-3H2,(H2,4,5,6). The second-order valence-corrected chi connectivity index (χ2v) is 15.4. The highest BCUT2D eigenvalue weighted by molar-refractivity contribution is 5.94. The third-order valence-electron chi connectivity index (χ3n) is 10.6. The maximum absolute atomic E-state index is 12.0. The van der Waals surface area contributed by atoms with E-state index in [1.165, 1.54) is 25.7 Å². The summed E-state index contributed by atoms with van der Waals surface area (Å²) in [6.45, 7) is 12.9. The molecule has 8 nitrogen and oxygen atoms in total. The van der Waals surface area contributed by atoms with Crippen molar-refractivity contribution in [2.75, 3.05) is 0 Å². The molecule has 8 saturated carbocycles. The number of carbonyl (C=O) groups is 3. The molecule has 0 aromatic carbocycles. The van der Waals surface area contributed by atoms with E-state index in [1.807, 2.05) is 0 Å². The molecule has 6 N–H and O–H groups in total. The Hall–Kier alpha value is -1.67. The Morgan fingerprint density at radius 3 is 1.30 bits per heavy atom. The lowest BCUT2D eigenvalue weighted by molar-refractivity contribution is -0.180. The number of imide groups is 1. The molecule has 4 amide bonds. The van der Waals surface area contributed by atoms with Crippen molar-refractivity contribution in [3.8, 4) is 0 Å². The van der Waals surface area contributed by atoms with Gasteiger partial charge in [0.05, 0.1) is 5.54 Å². The highest BCUT2D eigenvalue weighted by atomic mass is 16.2. The van der Waals surface area contributed by atoms with Crippen LogP contribution in [0.2, 0.25) is 0 Å². The highest BCUT2D eigenvalue weighted by Gasteiger charge is 2.63. The van der Waals surface area contributed by atoms with Crippen LogP contribution in [0.25, 0.3) is 0 Å². The first-order chi connectivity index (χ1) is 17.1. The minimum atomic E-state index is -0.602. The van der Waals surface area contributed by atoms with Crippen LogP contribution in [-0.4, -0.2) is 28.3 Å². The van der Waals surface area contributed by atoms with Crippen molar-refractivity contribution in [3.63, 3.8) is 0 Å². The summed E-state index contributed by atoms with van der Waals surface area (Å²) in [7, 11) is 0. The van der Waals surface area contributed by atoms with Gasteiger partial charge in [0.2, 0.25) is 11.8 Å². The van der Waals surface area contributed by atoms with Crippen LogP contribution >= 0.6 is 0 Å². The first-order valence-corrected chi connectivity index (χ1v) is 14.3. The van der Waals surface area contributed by atoms with Crippen molar-refractivity contribution in [1.29, 1.82) is 0 Å². The molecule has 0 heterocycles. The molecular formula is C29H51N5O3. The normalized spacial score (nSPS) is 45.7. The number of hydrogen-bond donors (Lipinski definition) is 4. The van der Waals surface area contributed by atoms with E-state index < -0.39 is 6.03 Å². The fourth-order valence-electron chi connectivity index (χ4n) is 11.8. The van der Waals surface area contributed by atoms with Gasteiger partial charge in [-0.3, -0.25) is 25.3 Å². The lowest BCUT2D eigenvalue weighted by Crippen LogP contribution is -2.66. The Morgan fingerprint density at radius 1 is 0.622 bits per heavy atom. The number of nitrogens with zero attached hydrogens (tertiary/aromatic N) is 1. The molecule has 2 unspecified atom stereocenters. The molecule has 8 aliphatic rings. The summed E-state index contributed by atoms with van der Waals surface area (Å²) in [4.78, 5) is 35.3. The Bertz CT molecular complexity index is 863. The maximum atomic E-state index is 12.0. The van der Waals surface area contributed by atoms with Crippen LogP contribution in [0.3, 0.4) is 0 Å². The van der Waals surface area contributed by atoms with E-state index in [1.54, 1.807) is 61.7 Å². The maximum Gasteiger partial charge on any atom is 0.343 e. The molecule has 2 atom stereocenters. The van der Waals surface area contributed by atoms with Crippen molar-refractivity contribution in [2.24, 2.45) is 51.1 Å². The zero-order chi connectivity index (χ0) is 27.4. The zero-order valence-corrected chi connectivity index (χ0v) is 24.0. The third-order valence-corrected chi connectivity index (χ3v) is 10.6. The summed E-state index contributed by atoms with van der Waals surface area (Å²) < 4.78 is 0. The summed E-state index contributed by atoms with van der Waals surface area (Å²) in [6, 6.07) is -0.602. The Balaban J connectivity index is 0.000000151. The van der Waals surface area contributed by atoms with Gasteiger partial charge in [0, 0.05) is 13.8 Å². The molecule has 0 aromatic heterocycles. The van der Waals surface area contributed by atoms with Crippen molar-refractivity contribution in [2.45, 2.75) is 124 Å². The molecule has 0 spiro atoms. The summed E-state index contributed by atoms with van der Waals surface area (Å²) in [5, 5.41) is 0.